The van der Waals surface area contributed by atoms with Gasteiger partial charge in [-0.05, 0) is 32.4 Å². The Morgan fingerprint density at radius 3 is 2.86 bits per heavy atom. The van der Waals surface area contributed by atoms with Gasteiger partial charge in [0.25, 0.3) is 0 Å². The van der Waals surface area contributed by atoms with Gasteiger partial charge in [0.2, 0.25) is 0 Å². The van der Waals surface area contributed by atoms with Gasteiger partial charge in [0.05, 0.1) is 11.2 Å². The van der Waals surface area contributed by atoms with Gasteiger partial charge in [-0.15, -0.1) is 0 Å². The van der Waals surface area contributed by atoms with E-state index in [0.717, 1.165) is 39.0 Å². The molecule has 0 aliphatic heterocycles. The van der Waals surface area contributed by atoms with E-state index in [4.69, 9.17) is 9.84 Å². The third-order valence-electron chi connectivity index (χ3n) is 3.77. The van der Waals surface area contributed by atoms with Crippen LogP contribution in [0.4, 0.5) is 0 Å². The molecule has 0 fully saturated rings. The maximum Gasteiger partial charge on any atom is 0.0718 e. The monoisotopic (exact) mass is 289 g/mol. The Morgan fingerprint density at radius 2 is 2.10 bits per heavy atom. The average Bonchev–Trinajstić information content (AvgIpc) is 2.82. The van der Waals surface area contributed by atoms with Crippen LogP contribution in [-0.4, -0.2) is 35.6 Å². The van der Waals surface area contributed by atoms with Gasteiger partial charge in [0.1, 0.15) is 0 Å². The van der Waals surface area contributed by atoms with Crippen LogP contribution in [0.15, 0.2) is 24.3 Å². The molecule has 0 spiro atoms. The van der Waals surface area contributed by atoms with E-state index in [1.807, 2.05) is 18.7 Å². The highest BCUT2D eigenvalue weighted by Crippen LogP contribution is 2.19. The number of aromatic nitrogens is 2. The second kappa shape index (κ2) is 8.15. The molecule has 2 rings (SSSR count). The number of para-hydroxylation sites is 1. The Balaban J connectivity index is 2.09. The first-order valence-corrected chi connectivity index (χ1v) is 7.98. The standard InChI is InChI=1S/C17H27N3O/c1-4-11-18-14(10-12-21-5-2)13-16-15-8-6-7-9-17(15)20(3)19-16/h6-9,14,18H,4-5,10-13H2,1-3H3. The average molecular weight is 289 g/mol. The molecule has 1 atom stereocenters. The van der Waals surface area contributed by atoms with Crippen LogP contribution in [0.5, 0.6) is 0 Å². The highest BCUT2D eigenvalue weighted by molar-refractivity contribution is 5.81. The van der Waals surface area contributed by atoms with Gasteiger partial charge >= 0.3 is 0 Å². The molecule has 0 saturated heterocycles. The summed E-state index contributed by atoms with van der Waals surface area (Å²) < 4.78 is 7.49. The van der Waals surface area contributed by atoms with Crippen LogP contribution >= 0.6 is 0 Å². The van der Waals surface area contributed by atoms with E-state index in [2.05, 4.69) is 36.5 Å². The summed E-state index contributed by atoms with van der Waals surface area (Å²) in [5, 5.41) is 9.59. The summed E-state index contributed by atoms with van der Waals surface area (Å²) in [4.78, 5) is 0. The Kier molecular flexibility index (Phi) is 6.21. The maximum atomic E-state index is 5.51. The van der Waals surface area contributed by atoms with E-state index in [-0.39, 0.29) is 0 Å². The van der Waals surface area contributed by atoms with Gasteiger partial charge in [-0.25, -0.2) is 0 Å². The summed E-state index contributed by atoms with van der Waals surface area (Å²) >= 11 is 0. The van der Waals surface area contributed by atoms with Crippen molar-refractivity contribution < 1.29 is 4.74 Å². The van der Waals surface area contributed by atoms with Gasteiger partial charge in [-0.2, -0.15) is 5.10 Å². The second-order valence-corrected chi connectivity index (χ2v) is 5.43. The van der Waals surface area contributed by atoms with E-state index >= 15 is 0 Å². The number of hydrogen-bond donors (Lipinski definition) is 1. The quantitative estimate of drug-likeness (QED) is 0.721. The molecule has 1 heterocycles. The summed E-state index contributed by atoms with van der Waals surface area (Å²) in [6.45, 7) is 6.88. The molecule has 0 saturated carbocycles. The molecule has 0 radical (unpaired) electrons. The first-order chi connectivity index (χ1) is 10.3. The van der Waals surface area contributed by atoms with Crippen molar-refractivity contribution in [3.8, 4) is 0 Å². The topological polar surface area (TPSA) is 39.1 Å². The normalized spacial score (nSPS) is 12.9. The van der Waals surface area contributed by atoms with Crippen molar-refractivity contribution in [3.05, 3.63) is 30.0 Å². The van der Waals surface area contributed by atoms with Crippen molar-refractivity contribution in [1.29, 1.82) is 0 Å². The molecule has 0 aliphatic carbocycles. The van der Waals surface area contributed by atoms with Crippen LogP contribution in [0.3, 0.4) is 0 Å². The molecule has 21 heavy (non-hydrogen) atoms. The van der Waals surface area contributed by atoms with Gasteiger partial charge in [-0.3, -0.25) is 4.68 Å². The number of benzene rings is 1. The molecule has 0 bridgehead atoms. The van der Waals surface area contributed by atoms with E-state index in [0.29, 0.717) is 6.04 Å². The van der Waals surface area contributed by atoms with Gasteiger partial charge in [0, 0.05) is 38.1 Å². The number of nitrogens with one attached hydrogen (secondary N) is 1. The number of fused-ring (bicyclic) bond motifs is 1. The minimum Gasteiger partial charge on any atom is -0.382 e. The molecule has 0 aliphatic rings. The van der Waals surface area contributed by atoms with Crippen molar-refractivity contribution >= 4 is 10.9 Å². The van der Waals surface area contributed by atoms with Gasteiger partial charge < -0.3 is 10.1 Å². The van der Waals surface area contributed by atoms with Crippen LogP contribution in [0.25, 0.3) is 10.9 Å². The smallest absolute Gasteiger partial charge is 0.0718 e. The van der Waals surface area contributed by atoms with Crippen LogP contribution in [0, 0.1) is 0 Å². The minimum absolute atomic E-state index is 0.426. The number of aryl methyl sites for hydroxylation is 1. The van der Waals surface area contributed by atoms with E-state index in [1.54, 1.807) is 0 Å². The lowest BCUT2D eigenvalue weighted by Crippen LogP contribution is -2.33. The van der Waals surface area contributed by atoms with E-state index in [9.17, 15) is 0 Å². The van der Waals surface area contributed by atoms with Gasteiger partial charge in [-0.1, -0.05) is 25.1 Å². The first-order valence-electron chi connectivity index (χ1n) is 7.98. The lowest BCUT2D eigenvalue weighted by Gasteiger charge is -2.17. The third kappa shape index (κ3) is 4.29. The summed E-state index contributed by atoms with van der Waals surface area (Å²) in [6.07, 6.45) is 3.13. The number of ether oxygens (including phenoxy) is 1. The first kappa shape index (κ1) is 16.0. The number of nitrogens with zero attached hydrogens (tertiary/aromatic N) is 2. The molecule has 1 aromatic heterocycles. The molecule has 4 nitrogen and oxygen atoms in total. The predicted octanol–water partition coefficient (Wildman–Crippen LogP) is 2.91. The fourth-order valence-electron chi connectivity index (χ4n) is 2.67. The number of rotatable bonds is 9. The molecule has 1 aromatic carbocycles. The molecule has 4 heteroatoms. The Labute approximate surface area is 127 Å². The van der Waals surface area contributed by atoms with Gasteiger partial charge in [0.15, 0.2) is 0 Å². The Hall–Kier alpha value is -1.39. The molecular weight excluding hydrogens is 262 g/mol. The van der Waals surface area contributed by atoms with E-state index < -0.39 is 0 Å². The molecule has 116 valence electrons. The fourth-order valence-corrected chi connectivity index (χ4v) is 2.67. The largest absolute Gasteiger partial charge is 0.382 e. The maximum absolute atomic E-state index is 5.51. The lowest BCUT2D eigenvalue weighted by atomic mass is 10.1. The van der Waals surface area contributed by atoms with Crippen molar-refractivity contribution in [1.82, 2.24) is 15.1 Å². The van der Waals surface area contributed by atoms with Crippen LogP contribution in [-0.2, 0) is 18.2 Å². The number of hydrogen-bond acceptors (Lipinski definition) is 3. The highest BCUT2D eigenvalue weighted by atomic mass is 16.5. The van der Waals surface area contributed by atoms with Crippen molar-refractivity contribution in [2.24, 2.45) is 7.05 Å². The summed E-state index contributed by atoms with van der Waals surface area (Å²) in [6, 6.07) is 8.87. The van der Waals surface area contributed by atoms with Crippen molar-refractivity contribution in [3.63, 3.8) is 0 Å². The summed E-state index contributed by atoms with van der Waals surface area (Å²) in [5.41, 5.74) is 2.38. The molecular formula is C17H27N3O. The predicted molar refractivity (Wildman–Crippen MR) is 87.6 cm³/mol. The molecule has 1 unspecified atom stereocenters. The third-order valence-corrected chi connectivity index (χ3v) is 3.77. The summed E-state index contributed by atoms with van der Waals surface area (Å²) in [5.74, 6) is 0. The molecule has 2 aromatic rings. The Morgan fingerprint density at radius 1 is 1.29 bits per heavy atom. The van der Waals surface area contributed by atoms with Crippen LogP contribution in [0.1, 0.15) is 32.4 Å². The van der Waals surface area contributed by atoms with Crippen LogP contribution < -0.4 is 5.32 Å². The van der Waals surface area contributed by atoms with Crippen LogP contribution in [0.2, 0.25) is 0 Å². The lowest BCUT2D eigenvalue weighted by molar-refractivity contribution is 0.136. The van der Waals surface area contributed by atoms with E-state index in [1.165, 1.54) is 16.6 Å². The molecule has 1 N–H and O–H groups in total. The minimum atomic E-state index is 0.426. The zero-order valence-corrected chi connectivity index (χ0v) is 13.4. The fraction of sp³-hybridized carbons (Fsp3) is 0.588. The van der Waals surface area contributed by atoms with Crippen molar-refractivity contribution in [2.75, 3.05) is 19.8 Å². The summed E-state index contributed by atoms with van der Waals surface area (Å²) in [7, 11) is 2.01. The SMILES string of the molecule is CCCNC(CCOCC)Cc1nn(C)c2ccccc12. The Bertz CT molecular complexity index is 550. The second-order valence-electron chi connectivity index (χ2n) is 5.43. The zero-order valence-electron chi connectivity index (χ0n) is 13.4. The molecule has 0 amide bonds. The zero-order chi connectivity index (χ0) is 15.1. The highest BCUT2D eigenvalue weighted by Gasteiger charge is 2.14. The van der Waals surface area contributed by atoms with Crippen molar-refractivity contribution in [2.45, 2.75) is 39.2 Å².